The van der Waals surface area contributed by atoms with Gasteiger partial charge >= 0.3 is 25.8 Å². The van der Waals surface area contributed by atoms with E-state index >= 15 is 0 Å². The van der Waals surface area contributed by atoms with E-state index in [1.54, 1.807) is 39.8 Å². The van der Waals surface area contributed by atoms with Crippen molar-refractivity contribution >= 4 is 47.2 Å². The molecule has 1 saturated heterocycles. The van der Waals surface area contributed by atoms with Gasteiger partial charge in [-0.05, 0) is 76.6 Å². The summed E-state index contributed by atoms with van der Waals surface area (Å²) < 4.78 is 72.7. The molecule has 0 bridgehead atoms. The number of rotatable bonds is 13. The minimum Gasteiger partial charge on any atom is -0.462 e. The fourth-order valence-corrected chi connectivity index (χ4v) is 7.33. The number of alkyl carbamates (subject to hydrolysis) is 2. The van der Waals surface area contributed by atoms with Crippen LogP contribution in [0.2, 0.25) is 5.02 Å². The number of ether oxygens (including phenoxy) is 4. The number of hydrogen-bond acceptors (Lipinski definition) is 12. The largest absolute Gasteiger partial charge is 0.462 e. The standard InChI is InChI=1S/C31H42ClN2O12PS/c1-19(18-48(39,40)24-14-10-22(32)11-15-24)43-30(37)34-26-20(2)44-25(17-41-28(35)31(3,4)5)27(26)46-47(7,38)45-23-12-8-21(9-13-23)16-42-29(36)33-6/h8-15,19-20,25-27H,16-18H2,1-7H3,(H,33,36)(H,34,37)/t19?,20-,25+,26?,27?,47?/m0/s1. The molecule has 3 rings (SSSR count). The smallest absolute Gasteiger partial charge is 0.407 e. The molecule has 1 fully saturated rings. The highest BCUT2D eigenvalue weighted by Crippen LogP contribution is 2.48. The second kappa shape index (κ2) is 16.4. The van der Waals surface area contributed by atoms with Crippen LogP contribution in [0.25, 0.3) is 0 Å². The predicted molar refractivity (Wildman–Crippen MR) is 176 cm³/mol. The highest BCUT2D eigenvalue weighted by atomic mass is 35.5. The lowest BCUT2D eigenvalue weighted by molar-refractivity contribution is -0.158. The summed E-state index contributed by atoms with van der Waals surface area (Å²) in [5.41, 5.74) is -0.167. The van der Waals surface area contributed by atoms with Gasteiger partial charge in [0.05, 0.1) is 28.2 Å². The molecular formula is C31H42ClN2O12PS. The second-order valence-corrected chi connectivity index (χ2v) is 16.7. The molecule has 14 nitrogen and oxygen atoms in total. The molecule has 2 N–H and O–H groups in total. The lowest BCUT2D eigenvalue weighted by Gasteiger charge is -2.28. The molecule has 1 aliphatic rings. The van der Waals surface area contributed by atoms with Crippen LogP contribution in [0.3, 0.4) is 0 Å². The zero-order chi connectivity index (χ0) is 35.9. The minimum atomic E-state index is -3.93. The minimum absolute atomic E-state index is 0.00162. The summed E-state index contributed by atoms with van der Waals surface area (Å²) >= 11 is 5.86. The van der Waals surface area contributed by atoms with Crippen molar-refractivity contribution in [3.8, 4) is 5.75 Å². The summed E-state index contributed by atoms with van der Waals surface area (Å²) in [7, 11) is -6.30. The van der Waals surface area contributed by atoms with Crippen molar-refractivity contribution in [3.05, 3.63) is 59.1 Å². The van der Waals surface area contributed by atoms with E-state index in [1.807, 2.05) is 0 Å². The van der Waals surface area contributed by atoms with Gasteiger partial charge in [0.2, 0.25) is 0 Å². The second-order valence-electron chi connectivity index (χ2n) is 12.3. The van der Waals surface area contributed by atoms with Gasteiger partial charge in [0.25, 0.3) is 0 Å². The zero-order valence-corrected chi connectivity index (χ0v) is 30.2. The number of carbonyl (C=O) groups is 3. The van der Waals surface area contributed by atoms with Gasteiger partial charge in [0, 0.05) is 18.7 Å². The summed E-state index contributed by atoms with van der Waals surface area (Å²) in [6.07, 6.45) is -5.49. The maximum Gasteiger partial charge on any atom is 0.407 e. The van der Waals surface area contributed by atoms with Crippen molar-refractivity contribution in [2.75, 3.05) is 26.1 Å². The summed E-state index contributed by atoms with van der Waals surface area (Å²) in [6, 6.07) is 10.9. The quantitative estimate of drug-likeness (QED) is 0.158. The molecule has 4 unspecified atom stereocenters. The third kappa shape index (κ3) is 11.7. The van der Waals surface area contributed by atoms with Crippen LogP contribution in [0.15, 0.2) is 53.4 Å². The van der Waals surface area contributed by atoms with Gasteiger partial charge in [0.15, 0.2) is 9.84 Å². The average molecular weight is 733 g/mol. The van der Waals surface area contributed by atoms with Crippen molar-refractivity contribution in [2.24, 2.45) is 5.41 Å². The third-order valence-corrected chi connectivity index (χ3v) is 10.2. The first-order chi connectivity index (χ1) is 22.3. The van der Waals surface area contributed by atoms with Crippen molar-refractivity contribution in [1.82, 2.24) is 10.6 Å². The van der Waals surface area contributed by atoms with Gasteiger partial charge in [0.1, 0.15) is 37.3 Å². The molecule has 2 aromatic carbocycles. The number of hydrogen-bond donors (Lipinski definition) is 2. The molecular weight excluding hydrogens is 691 g/mol. The summed E-state index contributed by atoms with van der Waals surface area (Å²) in [5, 5.41) is 5.34. The number of carbonyl (C=O) groups excluding carboxylic acids is 3. The average Bonchev–Trinajstić information content (AvgIpc) is 3.26. The summed E-state index contributed by atoms with van der Waals surface area (Å²) in [6.45, 7) is 9.04. The van der Waals surface area contributed by atoms with Crippen LogP contribution in [0.1, 0.15) is 40.2 Å². The summed E-state index contributed by atoms with van der Waals surface area (Å²) in [5.74, 6) is -0.828. The molecule has 0 aliphatic carbocycles. The zero-order valence-electron chi connectivity index (χ0n) is 27.8. The van der Waals surface area contributed by atoms with Gasteiger partial charge in [-0.15, -0.1) is 0 Å². The normalized spacial score (nSPS) is 21.3. The first-order valence-corrected chi connectivity index (χ1v) is 19.0. The number of nitrogens with one attached hydrogen (secondary N) is 2. The van der Waals surface area contributed by atoms with Crippen LogP contribution >= 0.6 is 19.2 Å². The molecule has 1 aliphatic heterocycles. The van der Waals surface area contributed by atoms with E-state index in [1.165, 1.54) is 57.0 Å². The summed E-state index contributed by atoms with van der Waals surface area (Å²) in [4.78, 5) is 36.9. The van der Waals surface area contributed by atoms with Crippen LogP contribution in [0.5, 0.6) is 5.75 Å². The number of sulfone groups is 1. The Hall–Kier alpha value is -3.36. The van der Waals surface area contributed by atoms with E-state index in [4.69, 9.17) is 39.6 Å². The SMILES string of the molecule is CNC(=O)OCc1ccc(OP(C)(=O)OC2C(NC(=O)OC(C)CS(=O)(=O)c3ccc(Cl)cc3)[C@H](C)O[C@@H]2COC(=O)C(C)(C)C)cc1. The van der Waals surface area contributed by atoms with E-state index in [-0.39, 0.29) is 23.9 Å². The van der Waals surface area contributed by atoms with Crippen LogP contribution < -0.4 is 15.2 Å². The number of benzene rings is 2. The monoisotopic (exact) mass is 732 g/mol. The van der Waals surface area contributed by atoms with E-state index in [9.17, 15) is 27.4 Å². The molecule has 266 valence electrons. The Morgan fingerprint density at radius 1 is 1.02 bits per heavy atom. The van der Waals surface area contributed by atoms with Crippen LogP contribution in [-0.4, -0.2) is 83.1 Å². The van der Waals surface area contributed by atoms with Crippen molar-refractivity contribution in [1.29, 1.82) is 0 Å². The van der Waals surface area contributed by atoms with Crippen LogP contribution in [0.4, 0.5) is 9.59 Å². The molecule has 6 atom stereocenters. The molecule has 0 saturated carbocycles. The predicted octanol–water partition coefficient (Wildman–Crippen LogP) is 5.12. The van der Waals surface area contributed by atoms with Crippen LogP contribution in [0, 0.1) is 5.41 Å². The lowest BCUT2D eigenvalue weighted by Crippen LogP contribution is -2.49. The van der Waals surface area contributed by atoms with Crippen LogP contribution in [-0.2, 0) is 49.3 Å². The van der Waals surface area contributed by atoms with Gasteiger partial charge in [-0.25, -0.2) is 22.6 Å². The molecule has 17 heteroatoms. The Labute approximate surface area is 285 Å². The fraction of sp³-hybridized carbons (Fsp3) is 0.516. The van der Waals surface area contributed by atoms with E-state index in [0.717, 1.165) is 0 Å². The Morgan fingerprint density at radius 3 is 2.23 bits per heavy atom. The third-order valence-electron chi connectivity index (χ3n) is 6.91. The van der Waals surface area contributed by atoms with Crippen molar-refractivity contribution in [2.45, 2.75) is 76.6 Å². The maximum atomic E-state index is 13.6. The number of halogens is 1. The number of esters is 1. The molecule has 48 heavy (non-hydrogen) atoms. The van der Waals surface area contributed by atoms with E-state index < -0.39 is 77.2 Å². The first kappa shape index (κ1) is 39.1. The van der Waals surface area contributed by atoms with E-state index in [2.05, 4.69) is 10.6 Å². The highest BCUT2D eigenvalue weighted by Gasteiger charge is 2.48. The Balaban J connectivity index is 1.73. The maximum absolute atomic E-state index is 13.6. The Kier molecular flexibility index (Phi) is 13.3. The first-order valence-electron chi connectivity index (χ1n) is 15.0. The topological polar surface area (TPSA) is 182 Å². The molecule has 2 amide bonds. The number of amides is 2. The van der Waals surface area contributed by atoms with Gasteiger partial charge in [-0.1, -0.05) is 23.7 Å². The molecule has 2 aromatic rings. The molecule has 1 heterocycles. The van der Waals surface area contributed by atoms with Gasteiger partial charge in [-0.2, -0.15) is 0 Å². The van der Waals surface area contributed by atoms with E-state index in [0.29, 0.717) is 10.6 Å². The molecule has 0 aromatic heterocycles. The fourth-order valence-electron chi connectivity index (χ4n) is 4.51. The molecule has 0 spiro atoms. The van der Waals surface area contributed by atoms with Gasteiger partial charge < -0.3 is 34.1 Å². The Bertz CT molecular complexity index is 1580. The van der Waals surface area contributed by atoms with Crippen molar-refractivity contribution < 1.29 is 55.4 Å². The molecule has 0 radical (unpaired) electrons. The lowest BCUT2D eigenvalue weighted by atomic mass is 9.97. The highest BCUT2D eigenvalue weighted by molar-refractivity contribution is 7.91. The Morgan fingerprint density at radius 2 is 1.65 bits per heavy atom. The van der Waals surface area contributed by atoms with Gasteiger partial charge in [-0.3, -0.25) is 9.32 Å². The van der Waals surface area contributed by atoms with Crippen molar-refractivity contribution in [3.63, 3.8) is 0 Å².